The van der Waals surface area contributed by atoms with Crippen molar-refractivity contribution >= 4 is 23.7 Å². The van der Waals surface area contributed by atoms with Gasteiger partial charge in [-0.05, 0) is 62.3 Å². The first-order chi connectivity index (χ1) is 20.9. The number of nitrogens with one attached hydrogen (secondary N) is 3. The van der Waals surface area contributed by atoms with Gasteiger partial charge in [-0.3, -0.25) is 9.78 Å². The molecule has 44 heavy (non-hydrogen) atoms. The number of hydrogen-bond acceptors (Lipinski definition) is 7. The van der Waals surface area contributed by atoms with E-state index in [0.717, 1.165) is 46.7 Å². The van der Waals surface area contributed by atoms with E-state index < -0.39 is 28.9 Å². The van der Waals surface area contributed by atoms with E-state index in [0.29, 0.717) is 12.8 Å². The molecule has 1 aliphatic rings. The lowest BCUT2D eigenvalue weighted by atomic mass is 9.73. The zero-order valence-electron chi connectivity index (χ0n) is 25.9. The summed E-state index contributed by atoms with van der Waals surface area (Å²) in [7, 11) is 0. The SMILES string of the molecule is Cc1cc(-c2cccc(CCCC3CC(C(=O)NC[C@](NC(=O)OCc4ccccc4)(C(=O)O)C(C)(C)C)=NO3)n2)c(C)[nH]1. The number of pyridine rings is 1. The molecule has 0 bridgehead atoms. The predicted molar refractivity (Wildman–Crippen MR) is 166 cm³/mol. The third kappa shape index (κ3) is 7.83. The van der Waals surface area contributed by atoms with Crippen molar-refractivity contribution in [3.05, 3.63) is 77.2 Å². The third-order valence-corrected chi connectivity index (χ3v) is 7.87. The maximum atomic E-state index is 13.0. The molecule has 0 radical (unpaired) electrons. The number of amides is 2. The first kappa shape index (κ1) is 32.2. The Morgan fingerprint density at radius 3 is 2.50 bits per heavy atom. The van der Waals surface area contributed by atoms with Crippen LogP contribution in [0.2, 0.25) is 0 Å². The van der Waals surface area contributed by atoms with Crippen LogP contribution >= 0.6 is 0 Å². The average Bonchev–Trinajstić information content (AvgIpc) is 3.59. The van der Waals surface area contributed by atoms with Crippen LogP contribution in [0.5, 0.6) is 0 Å². The Hall–Kier alpha value is -4.67. The number of benzene rings is 1. The number of aliphatic carboxylic acids is 1. The van der Waals surface area contributed by atoms with Gasteiger partial charge in [-0.1, -0.05) is 62.3 Å². The fraction of sp³-hybridized carbons (Fsp3) is 0.424. The Morgan fingerprint density at radius 2 is 1.84 bits per heavy atom. The van der Waals surface area contributed by atoms with Gasteiger partial charge in [0.05, 0.1) is 12.2 Å². The van der Waals surface area contributed by atoms with Crippen LogP contribution < -0.4 is 10.6 Å². The standard InChI is InChI=1S/C33H41N5O6/c1-21-17-26(22(2)35-21)27-16-10-14-24(36-27)13-9-15-25-18-28(38-44-25)29(39)34-20-33(30(40)41,32(3,4)5)37-31(42)43-19-23-11-7-6-8-12-23/h6-8,10-12,14,16-17,25,35H,9,13,15,18-20H2,1-5H3,(H,34,39)(H,37,42)(H,40,41)/t25?,33-/m0/s1. The molecule has 0 saturated carbocycles. The van der Waals surface area contributed by atoms with Crippen molar-refractivity contribution in [2.45, 2.75) is 78.6 Å². The van der Waals surface area contributed by atoms with E-state index in [1.54, 1.807) is 32.9 Å². The molecule has 11 nitrogen and oxygen atoms in total. The molecule has 3 heterocycles. The topological polar surface area (TPSA) is 155 Å². The van der Waals surface area contributed by atoms with Gasteiger partial charge in [0.25, 0.3) is 5.91 Å². The van der Waals surface area contributed by atoms with Crippen LogP contribution in [-0.2, 0) is 32.2 Å². The Kier molecular flexibility index (Phi) is 10.1. The molecule has 1 unspecified atom stereocenters. The van der Waals surface area contributed by atoms with Gasteiger partial charge >= 0.3 is 12.1 Å². The quantitative estimate of drug-likeness (QED) is 0.225. The lowest BCUT2D eigenvalue weighted by Crippen LogP contribution is -2.67. The number of carboxylic acid groups (broad SMARTS) is 1. The number of ether oxygens (including phenoxy) is 1. The van der Waals surface area contributed by atoms with Crippen molar-refractivity contribution < 1.29 is 29.1 Å². The highest BCUT2D eigenvalue weighted by Crippen LogP contribution is 2.31. The number of aryl methyl sites for hydroxylation is 3. The molecule has 3 aromatic rings. The first-order valence-corrected chi connectivity index (χ1v) is 14.7. The van der Waals surface area contributed by atoms with Crippen LogP contribution in [0, 0.1) is 19.3 Å². The summed E-state index contributed by atoms with van der Waals surface area (Å²) < 4.78 is 5.28. The van der Waals surface area contributed by atoms with E-state index in [1.807, 2.05) is 50.2 Å². The lowest BCUT2D eigenvalue weighted by Gasteiger charge is -2.41. The zero-order valence-corrected chi connectivity index (χ0v) is 25.9. The van der Waals surface area contributed by atoms with Crippen molar-refractivity contribution in [3.63, 3.8) is 0 Å². The van der Waals surface area contributed by atoms with E-state index in [-0.39, 0.29) is 25.0 Å². The second kappa shape index (κ2) is 13.7. The number of H-pyrrole nitrogens is 1. The van der Waals surface area contributed by atoms with Crippen LogP contribution in [0.4, 0.5) is 4.79 Å². The molecule has 2 amide bonds. The van der Waals surface area contributed by atoms with Crippen molar-refractivity contribution in [1.82, 2.24) is 20.6 Å². The van der Waals surface area contributed by atoms with Crippen molar-refractivity contribution in [2.24, 2.45) is 10.6 Å². The smallest absolute Gasteiger partial charge is 0.408 e. The molecule has 11 heteroatoms. The fourth-order valence-electron chi connectivity index (χ4n) is 5.18. The lowest BCUT2D eigenvalue weighted by molar-refractivity contribution is -0.149. The number of nitrogens with zero attached hydrogens (tertiary/aromatic N) is 2. The third-order valence-electron chi connectivity index (χ3n) is 7.87. The van der Waals surface area contributed by atoms with Gasteiger partial charge in [0.15, 0.2) is 5.54 Å². The number of alkyl carbamates (subject to hydrolysis) is 1. The number of oxime groups is 1. The molecular formula is C33H41N5O6. The van der Waals surface area contributed by atoms with Crippen LogP contribution in [-0.4, -0.2) is 56.9 Å². The number of carbonyl (C=O) groups is 3. The highest BCUT2D eigenvalue weighted by molar-refractivity contribution is 6.39. The van der Waals surface area contributed by atoms with E-state index in [1.165, 1.54) is 0 Å². The number of carbonyl (C=O) groups excluding carboxylic acids is 2. The average molecular weight is 604 g/mol. The number of aromatic amines is 1. The summed E-state index contributed by atoms with van der Waals surface area (Å²) in [6.45, 7) is 8.65. The maximum absolute atomic E-state index is 13.0. The normalized spacial score (nSPS) is 15.9. The second-order valence-electron chi connectivity index (χ2n) is 12.2. The Labute approximate surface area is 257 Å². The second-order valence-corrected chi connectivity index (χ2v) is 12.2. The molecule has 4 rings (SSSR count). The molecular weight excluding hydrogens is 562 g/mol. The fourth-order valence-corrected chi connectivity index (χ4v) is 5.18. The monoisotopic (exact) mass is 603 g/mol. The Morgan fingerprint density at radius 1 is 1.09 bits per heavy atom. The molecule has 1 aromatic carbocycles. The van der Waals surface area contributed by atoms with E-state index in [2.05, 4.69) is 26.8 Å². The summed E-state index contributed by atoms with van der Waals surface area (Å²) in [6, 6.07) is 17.1. The summed E-state index contributed by atoms with van der Waals surface area (Å²) in [4.78, 5) is 51.9. The van der Waals surface area contributed by atoms with Gasteiger partial charge < -0.3 is 30.3 Å². The summed E-state index contributed by atoms with van der Waals surface area (Å²) in [5.41, 5.74) is 3.25. The van der Waals surface area contributed by atoms with E-state index >= 15 is 0 Å². The minimum atomic E-state index is -1.85. The Balaban J connectivity index is 1.28. The molecule has 2 atom stereocenters. The predicted octanol–water partition coefficient (Wildman–Crippen LogP) is 5.07. The van der Waals surface area contributed by atoms with Gasteiger partial charge in [-0.2, -0.15) is 0 Å². The van der Waals surface area contributed by atoms with Crippen molar-refractivity contribution in [3.8, 4) is 11.3 Å². The van der Waals surface area contributed by atoms with Crippen LogP contribution in [0.1, 0.15) is 62.7 Å². The highest BCUT2D eigenvalue weighted by atomic mass is 16.6. The van der Waals surface area contributed by atoms with Gasteiger partial charge in [0.1, 0.15) is 18.4 Å². The molecule has 4 N–H and O–H groups in total. The number of rotatable bonds is 12. The maximum Gasteiger partial charge on any atom is 0.408 e. The van der Waals surface area contributed by atoms with Gasteiger partial charge in [-0.25, -0.2) is 9.59 Å². The summed E-state index contributed by atoms with van der Waals surface area (Å²) >= 11 is 0. The molecule has 0 saturated heterocycles. The summed E-state index contributed by atoms with van der Waals surface area (Å²) in [5, 5.41) is 19.3. The van der Waals surface area contributed by atoms with Crippen LogP contribution in [0.15, 0.2) is 59.8 Å². The minimum absolute atomic E-state index is 0.0256. The van der Waals surface area contributed by atoms with Gasteiger partial charge in [0, 0.05) is 29.1 Å². The minimum Gasteiger partial charge on any atom is -0.479 e. The van der Waals surface area contributed by atoms with Crippen LogP contribution in [0.3, 0.4) is 0 Å². The van der Waals surface area contributed by atoms with Gasteiger partial charge in [-0.15, -0.1) is 0 Å². The van der Waals surface area contributed by atoms with Crippen molar-refractivity contribution in [2.75, 3.05) is 6.54 Å². The number of aromatic nitrogens is 2. The molecule has 234 valence electrons. The van der Waals surface area contributed by atoms with Gasteiger partial charge in [0.2, 0.25) is 0 Å². The first-order valence-electron chi connectivity index (χ1n) is 14.7. The molecule has 0 spiro atoms. The van der Waals surface area contributed by atoms with Crippen molar-refractivity contribution in [1.29, 1.82) is 0 Å². The molecule has 1 aliphatic heterocycles. The summed E-state index contributed by atoms with van der Waals surface area (Å²) in [6.07, 6.45) is 1.33. The number of carboxylic acids is 1. The molecule has 0 aliphatic carbocycles. The van der Waals surface area contributed by atoms with E-state index in [4.69, 9.17) is 14.6 Å². The summed E-state index contributed by atoms with van der Waals surface area (Å²) in [5.74, 6) is -1.85. The molecule has 2 aromatic heterocycles. The zero-order chi connectivity index (χ0) is 31.9. The Bertz CT molecular complexity index is 1510. The number of hydrogen-bond donors (Lipinski definition) is 4. The largest absolute Gasteiger partial charge is 0.479 e. The highest BCUT2D eigenvalue weighted by Gasteiger charge is 2.51. The van der Waals surface area contributed by atoms with Crippen LogP contribution in [0.25, 0.3) is 11.3 Å². The van der Waals surface area contributed by atoms with E-state index in [9.17, 15) is 19.5 Å². The molecule has 0 fully saturated rings.